The fourth-order valence-corrected chi connectivity index (χ4v) is 3.43. The number of methoxy groups -OCH3 is 1. The molecule has 0 aliphatic rings. The van der Waals surface area contributed by atoms with Gasteiger partial charge in [0.15, 0.2) is 5.82 Å². The minimum absolute atomic E-state index is 0.00915. The van der Waals surface area contributed by atoms with Crippen LogP contribution < -0.4 is 14.8 Å². The topological polar surface area (TPSA) is 106 Å². The van der Waals surface area contributed by atoms with E-state index in [4.69, 9.17) is 20.8 Å². The van der Waals surface area contributed by atoms with Crippen LogP contribution in [-0.4, -0.2) is 25.7 Å². The summed E-state index contributed by atoms with van der Waals surface area (Å²) in [6.45, 7) is 0.442. The fraction of sp³-hybridized carbons (Fsp3) is 0.125. The number of ether oxygens (including phenoxy) is 1. The maximum atomic E-state index is 12.4. The van der Waals surface area contributed by atoms with Crippen LogP contribution in [-0.2, 0) is 16.6 Å². The molecule has 10 heteroatoms. The number of furan rings is 1. The number of hydrogen-bond donors (Lipinski definition) is 2. The van der Waals surface area contributed by atoms with Crippen LogP contribution in [0.4, 0.5) is 11.6 Å². The van der Waals surface area contributed by atoms with Crippen molar-refractivity contribution in [3.8, 4) is 5.75 Å². The molecule has 0 bridgehead atoms. The summed E-state index contributed by atoms with van der Waals surface area (Å²) in [5, 5.41) is 11.0. The number of anilines is 2. The molecule has 0 fully saturated rings. The third kappa shape index (κ3) is 4.24. The molecule has 8 nitrogen and oxygen atoms in total. The lowest BCUT2D eigenvalue weighted by Gasteiger charge is -2.09. The maximum Gasteiger partial charge on any atom is 0.263 e. The zero-order valence-electron chi connectivity index (χ0n) is 13.6. The second-order valence-electron chi connectivity index (χ2n) is 5.14. The number of halogens is 1. The van der Waals surface area contributed by atoms with Crippen molar-refractivity contribution >= 4 is 33.3 Å². The molecular weight excluding hydrogens is 380 g/mol. The van der Waals surface area contributed by atoms with E-state index in [-0.39, 0.29) is 15.7 Å². The van der Waals surface area contributed by atoms with Crippen LogP contribution in [0.25, 0.3) is 0 Å². The quantitative estimate of drug-likeness (QED) is 0.633. The number of hydrogen-bond acceptors (Lipinski definition) is 7. The molecular formula is C16H15ClN4O4S. The van der Waals surface area contributed by atoms with Gasteiger partial charge in [0, 0.05) is 0 Å². The van der Waals surface area contributed by atoms with Crippen molar-refractivity contribution in [1.29, 1.82) is 0 Å². The molecule has 0 aliphatic heterocycles. The van der Waals surface area contributed by atoms with Gasteiger partial charge >= 0.3 is 0 Å². The zero-order chi connectivity index (χ0) is 18.6. The third-order valence-corrected chi connectivity index (χ3v) is 5.01. The highest BCUT2D eigenvalue weighted by Gasteiger charge is 2.17. The highest BCUT2D eigenvalue weighted by atomic mass is 35.5. The minimum Gasteiger partial charge on any atom is -0.495 e. The predicted molar refractivity (Wildman–Crippen MR) is 96.9 cm³/mol. The third-order valence-electron chi connectivity index (χ3n) is 3.36. The molecule has 0 spiro atoms. The number of sulfonamides is 1. The first kappa shape index (κ1) is 18.0. The first-order chi connectivity index (χ1) is 12.5. The molecule has 0 amide bonds. The first-order valence-electron chi connectivity index (χ1n) is 7.44. The summed E-state index contributed by atoms with van der Waals surface area (Å²) in [4.78, 5) is -0.00915. The molecule has 136 valence electrons. The van der Waals surface area contributed by atoms with E-state index in [1.807, 2.05) is 6.07 Å². The highest BCUT2D eigenvalue weighted by Crippen LogP contribution is 2.27. The van der Waals surface area contributed by atoms with Crippen LogP contribution in [0.3, 0.4) is 0 Å². The van der Waals surface area contributed by atoms with Gasteiger partial charge in [0.1, 0.15) is 17.3 Å². The summed E-state index contributed by atoms with van der Waals surface area (Å²) in [5.74, 6) is 1.70. The van der Waals surface area contributed by atoms with E-state index in [2.05, 4.69) is 20.2 Å². The van der Waals surface area contributed by atoms with Crippen LogP contribution in [0, 0.1) is 0 Å². The molecule has 0 radical (unpaired) electrons. The van der Waals surface area contributed by atoms with E-state index < -0.39 is 10.0 Å². The lowest BCUT2D eigenvalue weighted by Crippen LogP contribution is -2.14. The summed E-state index contributed by atoms with van der Waals surface area (Å²) in [6, 6.07) is 10.9. The van der Waals surface area contributed by atoms with E-state index in [9.17, 15) is 8.42 Å². The maximum absolute atomic E-state index is 12.4. The summed E-state index contributed by atoms with van der Waals surface area (Å²) < 4.78 is 37.4. The SMILES string of the molecule is COc1ccc(S(=O)(=O)Nc2ccc(NCc3ccco3)nn2)cc1Cl. The standard InChI is InChI=1S/C16H15ClN4O4S/c1-24-14-5-4-12(9-13(14)17)26(22,23)21-16-7-6-15(19-20-16)18-10-11-3-2-8-25-11/h2-9H,10H2,1H3,(H,18,19)(H,20,21). The fourth-order valence-electron chi connectivity index (χ4n) is 2.08. The van der Waals surface area contributed by atoms with Crippen molar-refractivity contribution < 1.29 is 17.6 Å². The van der Waals surface area contributed by atoms with Crippen molar-refractivity contribution in [2.45, 2.75) is 11.4 Å². The predicted octanol–water partition coefficient (Wildman–Crippen LogP) is 3.14. The Balaban J connectivity index is 1.68. The van der Waals surface area contributed by atoms with Crippen LogP contribution in [0.5, 0.6) is 5.75 Å². The normalized spacial score (nSPS) is 11.2. The summed E-state index contributed by atoms with van der Waals surface area (Å²) in [7, 11) is -2.40. The van der Waals surface area contributed by atoms with Crippen molar-refractivity contribution in [2.75, 3.05) is 17.1 Å². The molecule has 0 unspecified atom stereocenters. The Morgan fingerprint density at radius 2 is 1.92 bits per heavy atom. The Morgan fingerprint density at radius 3 is 2.54 bits per heavy atom. The number of benzene rings is 1. The van der Waals surface area contributed by atoms with Crippen molar-refractivity contribution in [2.24, 2.45) is 0 Å². The summed E-state index contributed by atoms with van der Waals surface area (Å²) >= 11 is 5.98. The molecule has 1 aromatic carbocycles. The molecule has 3 rings (SSSR count). The molecule has 0 aliphatic carbocycles. The summed E-state index contributed by atoms with van der Waals surface area (Å²) in [5.41, 5.74) is 0. The summed E-state index contributed by atoms with van der Waals surface area (Å²) in [6.07, 6.45) is 1.58. The number of nitrogens with one attached hydrogen (secondary N) is 2. The van der Waals surface area contributed by atoms with Gasteiger partial charge in [-0.1, -0.05) is 11.6 Å². The monoisotopic (exact) mass is 394 g/mol. The van der Waals surface area contributed by atoms with Crippen molar-refractivity contribution in [1.82, 2.24) is 10.2 Å². The van der Waals surface area contributed by atoms with Crippen LogP contribution >= 0.6 is 11.6 Å². The van der Waals surface area contributed by atoms with Gasteiger partial charge in [0.25, 0.3) is 10.0 Å². The zero-order valence-corrected chi connectivity index (χ0v) is 15.2. The highest BCUT2D eigenvalue weighted by molar-refractivity contribution is 7.92. The molecule has 2 aromatic heterocycles. The van der Waals surface area contributed by atoms with Gasteiger partial charge in [-0.3, -0.25) is 4.72 Å². The van der Waals surface area contributed by atoms with Crippen LogP contribution in [0.15, 0.2) is 58.0 Å². The molecule has 0 saturated carbocycles. The number of aromatic nitrogens is 2. The van der Waals surface area contributed by atoms with Crippen LogP contribution in [0.2, 0.25) is 5.02 Å². The molecule has 26 heavy (non-hydrogen) atoms. The molecule has 2 N–H and O–H groups in total. The van der Waals surface area contributed by atoms with Gasteiger partial charge in [0.05, 0.1) is 29.8 Å². The lowest BCUT2D eigenvalue weighted by molar-refractivity contribution is 0.414. The molecule has 0 atom stereocenters. The van der Waals surface area contributed by atoms with E-state index in [0.717, 1.165) is 5.76 Å². The Bertz CT molecular complexity index is 976. The first-order valence-corrected chi connectivity index (χ1v) is 9.30. The Morgan fingerprint density at radius 1 is 1.15 bits per heavy atom. The van der Waals surface area contributed by atoms with Gasteiger partial charge in [-0.25, -0.2) is 8.42 Å². The Labute approximate surface area is 155 Å². The van der Waals surface area contributed by atoms with Gasteiger partial charge in [-0.2, -0.15) is 0 Å². The number of nitrogens with zero attached hydrogens (tertiary/aromatic N) is 2. The van der Waals surface area contributed by atoms with Gasteiger partial charge in [-0.05, 0) is 42.5 Å². The van der Waals surface area contributed by atoms with E-state index in [1.54, 1.807) is 18.4 Å². The van der Waals surface area contributed by atoms with Crippen LogP contribution in [0.1, 0.15) is 5.76 Å². The van der Waals surface area contributed by atoms with E-state index >= 15 is 0 Å². The van der Waals surface area contributed by atoms with Gasteiger partial charge in [0.2, 0.25) is 0 Å². The largest absolute Gasteiger partial charge is 0.495 e. The smallest absolute Gasteiger partial charge is 0.263 e. The minimum atomic E-state index is -3.85. The average Bonchev–Trinajstić information content (AvgIpc) is 3.14. The Hall–Kier alpha value is -2.78. The average molecular weight is 395 g/mol. The molecule has 0 saturated heterocycles. The van der Waals surface area contributed by atoms with Gasteiger partial charge in [-0.15, -0.1) is 10.2 Å². The van der Waals surface area contributed by atoms with Gasteiger partial charge < -0.3 is 14.5 Å². The Kier molecular flexibility index (Phi) is 5.29. The van der Waals surface area contributed by atoms with Crippen molar-refractivity contribution in [3.05, 3.63) is 59.5 Å². The molecule has 3 aromatic rings. The van der Waals surface area contributed by atoms with Crippen molar-refractivity contribution in [3.63, 3.8) is 0 Å². The van der Waals surface area contributed by atoms with E-state index in [0.29, 0.717) is 18.1 Å². The number of rotatable bonds is 7. The second kappa shape index (κ2) is 7.63. The lowest BCUT2D eigenvalue weighted by atomic mass is 10.3. The van der Waals surface area contributed by atoms with E-state index in [1.165, 1.54) is 31.4 Å². The molecule has 2 heterocycles. The second-order valence-corrected chi connectivity index (χ2v) is 7.23.